The van der Waals surface area contributed by atoms with Gasteiger partial charge in [-0.05, 0) is 35.7 Å². The summed E-state index contributed by atoms with van der Waals surface area (Å²) in [7, 11) is 0. The van der Waals surface area contributed by atoms with Crippen LogP contribution in [0.5, 0.6) is 11.5 Å². The lowest BCUT2D eigenvalue weighted by molar-refractivity contribution is -0.124. The number of fused-ring (bicyclic) bond motifs is 2. The fraction of sp³-hybridized carbons (Fsp3) is 0.348. The highest BCUT2D eigenvalue weighted by Crippen LogP contribution is 2.32. The van der Waals surface area contributed by atoms with E-state index in [1.54, 1.807) is 30.3 Å². The molecule has 4 amide bonds. The van der Waals surface area contributed by atoms with Crippen LogP contribution >= 0.6 is 0 Å². The van der Waals surface area contributed by atoms with Gasteiger partial charge in [-0.1, -0.05) is 38.5 Å². The predicted molar refractivity (Wildman–Crippen MR) is 119 cm³/mol. The summed E-state index contributed by atoms with van der Waals surface area (Å²) in [6, 6.07) is 11.3. The van der Waals surface area contributed by atoms with Crippen molar-refractivity contribution in [3.63, 3.8) is 0 Å². The molecule has 4 rings (SSSR count). The quantitative estimate of drug-likeness (QED) is 0.642. The zero-order chi connectivity index (χ0) is 22.7. The molecule has 0 spiro atoms. The molecule has 1 unspecified atom stereocenters. The molecular formula is C23H26N4O5. The number of carbonyl (C=O) groups excluding carboxylic acids is 3. The maximum Gasteiger partial charge on any atom is 0.323 e. The molecule has 32 heavy (non-hydrogen) atoms. The highest BCUT2D eigenvalue weighted by atomic mass is 16.7. The van der Waals surface area contributed by atoms with Crippen molar-refractivity contribution < 1.29 is 23.9 Å². The van der Waals surface area contributed by atoms with Crippen LogP contribution in [0.1, 0.15) is 25.8 Å². The number of hydrogen-bond acceptors (Lipinski definition) is 5. The number of benzene rings is 2. The third-order valence-corrected chi connectivity index (χ3v) is 5.69. The van der Waals surface area contributed by atoms with Crippen LogP contribution in [-0.4, -0.2) is 37.2 Å². The van der Waals surface area contributed by atoms with Crippen LogP contribution in [0.25, 0.3) is 0 Å². The number of para-hydroxylation sites is 2. The van der Waals surface area contributed by atoms with E-state index in [2.05, 4.69) is 16.0 Å². The number of urea groups is 1. The SMILES string of the molecule is CCC(C)[C@H](NC(=O)N1CC(=O)Nc2ccccc21)C(=O)NCc1ccc2c(c1)OCO2. The Morgan fingerprint density at radius 2 is 1.94 bits per heavy atom. The summed E-state index contributed by atoms with van der Waals surface area (Å²) in [4.78, 5) is 39.5. The Bertz CT molecular complexity index is 1040. The second kappa shape index (κ2) is 9.17. The van der Waals surface area contributed by atoms with E-state index in [9.17, 15) is 14.4 Å². The third-order valence-electron chi connectivity index (χ3n) is 5.69. The summed E-state index contributed by atoms with van der Waals surface area (Å²) in [6.45, 7) is 4.22. The van der Waals surface area contributed by atoms with Gasteiger partial charge in [-0.25, -0.2) is 4.79 Å². The zero-order valence-electron chi connectivity index (χ0n) is 18.0. The van der Waals surface area contributed by atoms with Gasteiger partial charge in [0.2, 0.25) is 18.6 Å². The molecule has 2 heterocycles. The smallest absolute Gasteiger partial charge is 0.323 e. The first-order chi connectivity index (χ1) is 15.5. The maximum atomic E-state index is 13.1. The molecule has 0 radical (unpaired) electrons. The van der Waals surface area contributed by atoms with Crippen molar-refractivity contribution in [3.05, 3.63) is 48.0 Å². The largest absolute Gasteiger partial charge is 0.454 e. The van der Waals surface area contributed by atoms with Gasteiger partial charge >= 0.3 is 6.03 Å². The third kappa shape index (κ3) is 4.46. The Morgan fingerprint density at radius 1 is 1.16 bits per heavy atom. The number of nitrogens with zero attached hydrogens (tertiary/aromatic N) is 1. The molecule has 0 bridgehead atoms. The van der Waals surface area contributed by atoms with E-state index in [-0.39, 0.29) is 37.6 Å². The first-order valence-corrected chi connectivity index (χ1v) is 10.6. The number of carbonyl (C=O) groups is 3. The number of ether oxygens (including phenoxy) is 2. The Hall–Kier alpha value is -3.75. The number of nitrogens with one attached hydrogen (secondary N) is 3. The summed E-state index contributed by atoms with van der Waals surface area (Å²) in [5.74, 6) is 0.636. The van der Waals surface area contributed by atoms with Crippen molar-refractivity contribution in [1.29, 1.82) is 0 Å². The Kier molecular flexibility index (Phi) is 6.16. The minimum atomic E-state index is -0.751. The molecule has 0 saturated heterocycles. The Balaban J connectivity index is 1.44. The molecular weight excluding hydrogens is 412 g/mol. The molecule has 0 fully saturated rings. The first kappa shape index (κ1) is 21.5. The second-order valence-electron chi connectivity index (χ2n) is 7.87. The van der Waals surface area contributed by atoms with Crippen molar-refractivity contribution >= 4 is 29.2 Å². The van der Waals surface area contributed by atoms with Gasteiger partial charge in [0.25, 0.3) is 0 Å². The van der Waals surface area contributed by atoms with Gasteiger partial charge in [0, 0.05) is 6.54 Å². The van der Waals surface area contributed by atoms with Crippen molar-refractivity contribution in [2.45, 2.75) is 32.9 Å². The normalized spacial score (nSPS) is 15.9. The van der Waals surface area contributed by atoms with Gasteiger partial charge in [-0.2, -0.15) is 0 Å². The number of amides is 4. The lowest BCUT2D eigenvalue weighted by Gasteiger charge is -2.32. The molecule has 2 aliphatic heterocycles. The topological polar surface area (TPSA) is 109 Å². The molecule has 2 aromatic rings. The van der Waals surface area contributed by atoms with Crippen LogP contribution in [0, 0.1) is 5.92 Å². The standard InChI is InChI=1S/C23H26N4O5/c1-3-14(2)21(22(29)24-11-15-8-9-18-19(10-15)32-13-31-18)26-23(30)27-12-20(28)25-16-6-4-5-7-17(16)27/h4-10,14,21H,3,11-13H2,1-2H3,(H,24,29)(H,25,28)(H,26,30)/t14?,21-/m0/s1. The fourth-order valence-electron chi connectivity index (χ4n) is 3.68. The summed E-state index contributed by atoms with van der Waals surface area (Å²) in [5.41, 5.74) is 2.01. The maximum absolute atomic E-state index is 13.1. The average Bonchev–Trinajstić information content (AvgIpc) is 3.27. The molecule has 0 saturated carbocycles. The van der Waals surface area contributed by atoms with Gasteiger partial charge in [-0.3, -0.25) is 14.5 Å². The van der Waals surface area contributed by atoms with Gasteiger partial charge in [0.1, 0.15) is 12.6 Å². The monoisotopic (exact) mass is 438 g/mol. The Labute approximate surface area is 186 Å². The van der Waals surface area contributed by atoms with Gasteiger partial charge in [-0.15, -0.1) is 0 Å². The number of rotatable bonds is 6. The lowest BCUT2D eigenvalue weighted by Crippen LogP contribution is -2.55. The minimum Gasteiger partial charge on any atom is -0.454 e. The van der Waals surface area contributed by atoms with E-state index in [0.29, 0.717) is 29.3 Å². The summed E-state index contributed by atoms with van der Waals surface area (Å²) < 4.78 is 10.7. The molecule has 2 aliphatic rings. The van der Waals surface area contributed by atoms with Crippen LogP contribution < -0.4 is 30.3 Å². The van der Waals surface area contributed by atoms with Gasteiger partial charge in [0.15, 0.2) is 11.5 Å². The van der Waals surface area contributed by atoms with Crippen LogP contribution in [0.2, 0.25) is 0 Å². The zero-order valence-corrected chi connectivity index (χ0v) is 18.0. The van der Waals surface area contributed by atoms with Crippen molar-refractivity contribution in [2.75, 3.05) is 23.6 Å². The van der Waals surface area contributed by atoms with Gasteiger partial charge < -0.3 is 25.4 Å². The molecule has 3 N–H and O–H groups in total. The number of anilines is 2. The van der Waals surface area contributed by atoms with E-state index in [1.165, 1.54) is 4.90 Å². The minimum absolute atomic E-state index is 0.107. The van der Waals surface area contributed by atoms with Gasteiger partial charge in [0.05, 0.1) is 11.4 Å². The molecule has 9 heteroatoms. The van der Waals surface area contributed by atoms with Crippen LogP contribution in [0.3, 0.4) is 0 Å². The summed E-state index contributed by atoms with van der Waals surface area (Å²) >= 11 is 0. The van der Waals surface area contributed by atoms with E-state index < -0.39 is 12.1 Å². The van der Waals surface area contributed by atoms with E-state index >= 15 is 0 Å². The molecule has 2 atom stereocenters. The fourth-order valence-corrected chi connectivity index (χ4v) is 3.68. The summed E-state index contributed by atoms with van der Waals surface area (Å²) in [6.07, 6.45) is 0.694. The summed E-state index contributed by atoms with van der Waals surface area (Å²) in [5, 5.41) is 8.47. The molecule has 2 aromatic carbocycles. The van der Waals surface area contributed by atoms with Crippen molar-refractivity contribution in [1.82, 2.24) is 10.6 Å². The Morgan fingerprint density at radius 3 is 2.75 bits per heavy atom. The molecule has 0 aromatic heterocycles. The highest BCUT2D eigenvalue weighted by molar-refractivity contribution is 6.10. The second-order valence-corrected chi connectivity index (χ2v) is 7.87. The van der Waals surface area contributed by atoms with Crippen molar-refractivity contribution in [2.24, 2.45) is 5.92 Å². The van der Waals surface area contributed by atoms with Crippen LogP contribution in [0.4, 0.5) is 16.2 Å². The van der Waals surface area contributed by atoms with E-state index in [0.717, 1.165) is 5.56 Å². The van der Waals surface area contributed by atoms with Crippen molar-refractivity contribution in [3.8, 4) is 11.5 Å². The molecule has 9 nitrogen and oxygen atoms in total. The molecule has 0 aliphatic carbocycles. The van der Waals surface area contributed by atoms with E-state index in [1.807, 2.05) is 26.0 Å². The highest BCUT2D eigenvalue weighted by Gasteiger charge is 2.31. The predicted octanol–water partition coefficient (Wildman–Crippen LogP) is 2.61. The molecule has 168 valence electrons. The van der Waals surface area contributed by atoms with Crippen LogP contribution in [0.15, 0.2) is 42.5 Å². The average molecular weight is 438 g/mol. The van der Waals surface area contributed by atoms with Crippen LogP contribution in [-0.2, 0) is 16.1 Å². The first-order valence-electron chi connectivity index (χ1n) is 10.6. The number of hydrogen-bond donors (Lipinski definition) is 3. The van der Waals surface area contributed by atoms with E-state index in [4.69, 9.17) is 9.47 Å². The lowest BCUT2D eigenvalue weighted by atomic mass is 9.98.